The van der Waals surface area contributed by atoms with E-state index in [1.807, 2.05) is 36.4 Å². The van der Waals surface area contributed by atoms with Crippen LogP contribution in [0.25, 0.3) is 22.3 Å². The van der Waals surface area contributed by atoms with Crippen LogP contribution in [0.3, 0.4) is 0 Å². The molecule has 0 radical (unpaired) electrons. The average molecular weight is 261 g/mol. The first-order valence-corrected chi connectivity index (χ1v) is 6.28. The van der Waals surface area contributed by atoms with Crippen molar-refractivity contribution in [2.75, 3.05) is 0 Å². The van der Waals surface area contributed by atoms with Gasteiger partial charge in [-0.25, -0.2) is 0 Å². The Balaban J connectivity index is 2.30. The third-order valence-corrected chi connectivity index (χ3v) is 3.16. The number of rotatable bonds is 2. The molecule has 20 heavy (non-hydrogen) atoms. The Morgan fingerprint density at radius 3 is 2.60 bits per heavy atom. The lowest BCUT2D eigenvalue weighted by Crippen LogP contribution is -2.01. The topological polar surface area (TPSA) is 54.0 Å². The first-order chi connectivity index (χ1) is 9.79. The highest BCUT2D eigenvalue weighted by molar-refractivity contribution is 5.81. The summed E-state index contributed by atoms with van der Waals surface area (Å²) in [5.74, 6) is 0.522. The second kappa shape index (κ2) is 5.02. The lowest BCUT2D eigenvalue weighted by Gasteiger charge is -2.05. The molecule has 0 atom stereocenters. The first-order valence-electron chi connectivity index (χ1n) is 6.28. The summed E-state index contributed by atoms with van der Waals surface area (Å²) < 4.78 is 5.86. The van der Waals surface area contributed by atoms with Gasteiger partial charge in [-0.05, 0) is 6.07 Å². The molecule has 3 rings (SSSR count). The van der Waals surface area contributed by atoms with E-state index in [0.717, 1.165) is 11.1 Å². The third-order valence-electron chi connectivity index (χ3n) is 3.16. The molecule has 0 bridgehead atoms. The number of fused-ring (bicyclic) bond motifs is 1. The standard InChI is InChI=1S/C17H11NO2/c18-10-9-13-7-4-8-14-15(19)11-16(20-17(13)14)12-5-2-1-3-6-12/h1-8,11H,9H2. The quantitative estimate of drug-likeness (QED) is 0.709. The van der Waals surface area contributed by atoms with E-state index < -0.39 is 0 Å². The summed E-state index contributed by atoms with van der Waals surface area (Å²) >= 11 is 0. The van der Waals surface area contributed by atoms with Crippen LogP contribution in [0.1, 0.15) is 5.56 Å². The van der Waals surface area contributed by atoms with E-state index in [-0.39, 0.29) is 11.8 Å². The van der Waals surface area contributed by atoms with Gasteiger partial charge in [-0.3, -0.25) is 4.79 Å². The van der Waals surface area contributed by atoms with E-state index in [2.05, 4.69) is 6.07 Å². The minimum Gasteiger partial charge on any atom is -0.455 e. The summed E-state index contributed by atoms with van der Waals surface area (Å²) in [7, 11) is 0. The van der Waals surface area contributed by atoms with Gasteiger partial charge in [0.05, 0.1) is 17.9 Å². The minimum atomic E-state index is -0.0927. The van der Waals surface area contributed by atoms with E-state index >= 15 is 0 Å². The maximum absolute atomic E-state index is 12.2. The SMILES string of the molecule is N#CCc1cccc2c(=O)cc(-c3ccccc3)oc12. The molecule has 0 unspecified atom stereocenters. The minimum absolute atomic E-state index is 0.0927. The largest absolute Gasteiger partial charge is 0.455 e. The van der Waals surface area contributed by atoms with Crippen LogP contribution in [0, 0.1) is 11.3 Å². The van der Waals surface area contributed by atoms with Gasteiger partial charge in [-0.1, -0.05) is 42.5 Å². The van der Waals surface area contributed by atoms with Gasteiger partial charge in [0.2, 0.25) is 0 Å². The van der Waals surface area contributed by atoms with Crippen LogP contribution in [0.4, 0.5) is 0 Å². The normalized spacial score (nSPS) is 10.3. The Morgan fingerprint density at radius 2 is 1.85 bits per heavy atom. The van der Waals surface area contributed by atoms with Gasteiger partial charge < -0.3 is 4.42 Å². The molecule has 0 saturated heterocycles. The number of hydrogen-bond donors (Lipinski definition) is 0. The van der Waals surface area contributed by atoms with Crippen LogP contribution in [0.2, 0.25) is 0 Å². The molecule has 0 N–H and O–H groups in total. The molecule has 0 spiro atoms. The van der Waals surface area contributed by atoms with Gasteiger partial charge in [-0.15, -0.1) is 0 Å². The van der Waals surface area contributed by atoms with Crippen molar-refractivity contribution in [2.45, 2.75) is 6.42 Å². The van der Waals surface area contributed by atoms with Gasteiger partial charge >= 0.3 is 0 Å². The molecule has 0 aliphatic heterocycles. The number of para-hydroxylation sites is 1. The molecule has 1 heterocycles. The molecule has 0 fully saturated rings. The highest BCUT2D eigenvalue weighted by Crippen LogP contribution is 2.24. The number of hydrogen-bond acceptors (Lipinski definition) is 3. The second-order valence-corrected chi connectivity index (χ2v) is 4.47. The van der Waals surface area contributed by atoms with Crippen molar-refractivity contribution >= 4 is 11.0 Å². The number of benzene rings is 2. The van der Waals surface area contributed by atoms with Gasteiger partial charge in [0.1, 0.15) is 11.3 Å². The fourth-order valence-corrected chi connectivity index (χ4v) is 2.20. The Kier molecular flexibility index (Phi) is 3.06. The molecule has 96 valence electrons. The first kappa shape index (κ1) is 12.2. The summed E-state index contributed by atoms with van der Waals surface area (Å²) in [5, 5.41) is 9.38. The molecule has 0 aliphatic carbocycles. The van der Waals surface area contributed by atoms with E-state index in [4.69, 9.17) is 9.68 Å². The van der Waals surface area contributed by atoms with Gasteiger partial charge in [0.25, 0.3) is 0 Å². The molecule has 3 nitrogen and oxygen atoms in total. The van der Waals surface area contributed by atoms with E-state index in [9.17, 15) is 4.79 Å². The van der Waals surface area contributed by atoms with Gasteiger partial charge in [0, 0.05) is 17.2 Å². The van der Waals surface area contributed by atoms with Crippen LogP contribution < -0.4 is 5.43 Å². The van der Waals surface area contributed by atoms with Crippen molar-refractivity contribution in [1.82, 2.24) is 0 Å². The Hall–Kier alpha value is -2.86. The van der Waals surface area contributed by atoms with E-state index in [1.165, 1.54) is 6.07 Å². The zero-order valence-electron chi connectivity index (χ0n) is 10.7. The number of nitrogens with zero attached hydrogens (tertiary/aromatic N) is 1. The van der Waals surface area contributed by atoms with Crippen molar-refractivity contribution in [3.05, 3.63) is 70.4 Å². The van der Waals surface area contributed by atoms with Crippen LogP contribution in [-0.2, 0) is 6.42 Å². The van der Waals surface area contributed by atoms with Crippen molar-refractivity contribution in [1.29, 1.82) is 5.26 Å². The van der Waals surface area contributed by atoms with Crippen LogP contribution in [0.5, 0.6) is 0 Å². The highest BCUT2D eigenvalue weighted by atomic mass is 16.3. The molecule has 0 amide bonds. The Bertz CT molecular complexity index is 858. The van der Waals surface area contributed by atoms with E-state index in [1.54, 1.807) is 12.1 Å². The fraction of sp³-hybridized carbons (Fsp3) is 0.0588. The summed E-state index contributed by atoms with van der Waals surface area (Å²) in [6.07, 6.45) is 0.221. The lowest BCUT2D eigenvalue weighted by molar-refractivity contribution is 0.615. The molecule has 2 aromatic carbocycles. The van der Waals surface area contributed by atoms with Crippen molar-refractivity contribution in [2.24, 2.45) is 0 Å². The van der Waals surface area contributed by atoms with Crippen molar-refractivity contribution in [3.63, 3.8) is 0 Å². The molecule has 3 heteroatoms. The molecule has 0 saturated carbocycles. The molecule has 0 aliphatic rings. The maximum Gasteiger partial charge on any atom is 0.193 e. The van der Waals surface area contributed by atoms with Crippen molar-refractivity contribution in [3.8, 4) is 17.4 Å². The third kappa shape index (κ3) is 2.08. The fourth-order valence-electron chi connectivity index (χ4n) is 2.20. The summed E-state index contributed by atoms with van der Waals surface area (Å²) in [5.41, 5.74) is 1.99. The molecular formula is C17H11NO2. The molecular weight excluding hydrogens is 250 g/mol. The maximum atomic E-state index is 12.2. The van der Waals surface area contributed by atoms with Gasteiger partial charge in [-0.2, -0.15) is 5.26 Å². The zero-order chi connectivity index (χ0) is 13.9. The second-order valence-electron chi connectivity index (χ2n) is 4.47. The van der Waals surface area contributed by atoms with Crippen LogP contribution >= 0.6 is 0 Å². The van der Waals surface area contributed by atoms with Crippen molar-refractivity contribution < 1.29 is 4.42 Å². The lowest BCUT2D eigenvalue weighted by atomic mass is 10.1. The Labute approximate surface area is 115 Å². The molecule has 3 aromatic rings. The zero-order valence-corrected chi connectivity index (χ0v) is 10.7. The smallest absolute Gasteiger partial charge is 0.193 e. The Morgan fingerprint density at radius 1 is 1.05 bits per heavy atom. The summed E-state index contributed by atoms with van der Waals surface area (Å²) in [6.45, 7) is 0. The monoisotopic (exact) mass is 261 g/mol. The predicted molar refractivity (Wildman–Crippen MR) is 77.2 cm³/mol. The average Bonchev–Trinajstić information content (AvgIpc) is 2.49. The number of nitriles is 1. The van der Waals surface area contributed by atoms with E-state index in [0.29, 0.717) is 16.7 Å². The summed E-state index contributed by atoms with van der Waals surface area (Å²) in [6, 6.07) is 18.3. The van der Waals surface area contributed by atoms with Crippen LogP contribution in [0.15, 0.2) is 63.8 Å². The molecule has 1 aromatic heterocycles. The van der Waals surface area contributed by atoms with Crippen LogP contribution in [-0.4, -0.2) is 0 Å². The predicted octanol–water partition coefficient (Wildman–Crippen LogP) is 3.53. The summed E-state index contributed by atoms with van der Waals surface area (Å²) in [4.78, 5) is 12.2. The highest BCUT2D eigenvalue weighted by Gasteiger charge is 2.09. The van der Waals surface area contributed by atoms with Gasteiger partial charge in [0.15, 0.2) is 5.43 Å².